The Balaban J connectivity index is 2.59. The smallest absolute Gasteiger partial charge is 0.329 e. The topological polar surface area (TPSA) is 99.0 Å². The molecule has 0 spiro atoms. The van der Waals surface area contributed by atoms with Crippen molar-refractivity contribution in [3.8, 4) is 0 Å². The lowest BCUT2D eigenvalue weighted by atomic mass is 10.3. The highest BCUT2D eigenvalue weighted by molar-refractivity contribution is 8.00. The summed E-state index contributed by atoms with van der Waals surface area (Å²) in [6.45, 7) is 6.56. The number of H-pyrrole nitrogens is 1. The molecule has 8 nitrogen and oxygen atoms in total. The Morgan fingerprint density at radius 1 is 1.43 bits per heavy atom. The van der Waals surface area contributed by atoms with Gasteiger partial charge in [0.25, 0.3) is 5.56 Å². The highest BCUT2D eigenvalue weighted by atomic mass is 32.2. The number of carbonyl (C=O) groups is 1. The lowest BCUT2D eigenvalue weighted by Crippen LogP contribution is -2.29. The molecular weight excluding hydrogens is 320 g/mol. The number of ketones is 1. The molecule has 1 N–H and O–H groups in total. The highest BCUT2D eigenvalue weighted by Crippen LogP contribution is 2.25. The SMILES string of the molecule is CCOCCn1c(S[C@H](C)C(C)=O)nc2c1c(=O)[nH]c(=O)n2C. The number of aromatic amines is 1. The fourth-order valence-electron chi connectivity index (χ4n) is 2.05. The number of hydrogen-bond acceptors (Lipinski definition) is 6. The van der Waals surface area contributed by atoms with Crippen LogP contribution in [0, 0.1) is 0 Å². The summed E-state index contributed by atoms with van der Waals surface area (Å²) in [7, 11) is 1.54. The molecule has 2 aromatic heterocycles. The minimum absolute atomic E-state index is 0.0150. The van der Waals surface area contributed by atoms with Gasteiger partial charge in [-0.15, -0.1) is 0 Å². The van der Waals surface area contributed by atoms with E-state index < -0.39 is 11.2 Å². The summed E-state index contributed by atoms with van der Waals surface area (Å²) in [6, 6.07) is 0. The molecule has 0 aliphatic rings. The predicted octanol–water partition coefficient (Wildman–Crippen LogP) is 0.529. The maximum absolute atomic E-state index is 12.2. The van der Waals surface area contributed by atoms with E-state index in [4.69, 9.17) is 4.74 Å². The molecular formula is C14H20N4O4S. The van der Waals surface area contributed by atoms with Gasteiger partial charge >= 0.3 is 5.69 Å². The molecule has 0 unspecified atom stereocenters. The van der Waals surface area contributed by atoms with Crippen LogP contribution >= 0.6 is 11.8 Å². The van der Waals surface area contributed by atoms with Gasteiger partial charge in [0, 0.05) is 20.2 Å². The van der Waals surface area contributed by atoms with E-state index in [1.54, 1.807) is 18.5 Å². The third kappa shape index (κ3) is 3.56. The number of hydrogen-bond donors (Lipinski definition) is 1. The Labute approximate surface area is 136 Å². The van der Waals surface area contributed by atoms with Crippen LogP contribution in [0.4, 0.5) is 0 Å². The van der Waals surface area contributed by atoms with Crippen LogP contribution in [-0.4, -0.2) is 43.3 Å². The van der Waals surface area contributed by atoms with Crippen molar-refractivity contribution in [3.63, 3.8) is 0 Å². The number of ether oxygens (including phenoxy) is 1. The maximum atomic E-state index is 12.2. The molecule has 0 aliphatic carbocycles. The molecule has 9 heteroatoms. The third-order valence-corrected chi connectivity index (χ3v) is 4.70. The van der Waals surface area contributed by atoms with E-state index in [0.717, 1.165) is 0 Å². The number of Topliss-reactive ketones (excluding diaryl/α,β-unsaturated/α-hetero) is 1. The van der Waals surface area contributed by atoms with E-state index in [-0.39, 0.29) is 11.0 Å². The third-order valence-electron chi connectivity index (χ3n) is 3.49. The fourth-order valence-corrected chi connectivity index (χ4v) is 2.98. The van der Waals surface area contributed by atoms with Gasteiger partial charge in [-0.25, -0.2) is 9.78 Å². The van der Waals surface area contributed by atoms with Crippen LogP contribution in [0.2, 0.25) is 0 Å². The average Bonchev–Trinajstić information content (AvgIpc) is 2.84. The quantitative estimate of drug-likeness (QED) is 0.583. The second kappa shape index (κ2) is 7.14. The first-order valence-corrected chi connectivity index (χ1v) is 8.19. The van der Waals surface area contributed by atoms with Crippen LogP contribution in [0.3, 0.4) is 0 Å². The summed E-state index contributed by atoms with van der Waals surface area (Å²) in [6.07, 6.45) is 0. The van der Waals surface area contributed by atoms with Crippen molar-refractivity contribution in [2.24, 2.45) is 7.05 Å². The molecule has 0 bridgehead atoms. The Hall–Kier alpha value is -1.87. The number of thioether (sulfide) groups is 1. The van der Waals surface area contributed by atoms with E-state index in [0.29, 0.717) is 36.1 Å². The number of aromatic nitrogens is 4. The zero-order valence-corrected chi connectivity index (χ0v) is 14.4. The Kier molecular flexibility index (Phi) is 5.42. The standard InChI is InChI=1S/C14H20N4O4S/c1-5-22-7-6-18-10-11(17(4)13(21)16-12(10)20)15-14(18)23-9(3)8(2)19/h9H,5-7H2,1-4H3,(H,16,20,21)/t9-/m1/s1. The van der Waals surface area contributed by atoms with Crippen molar-refractivity contribution in [3.05, 3.63) is 20.8 Å². The first-order chi connectivity index (χ1) is 10.9. The first-order valence-electron chi connectivity index (χ1n) is 7.31. The fraction of sp³-hybridized carbons (Fsp3) is 0.571. The molecule has 0 fully saturated rings. The Morgan fingerprint density at radius 2 is 2.13 bits per heavy atom. The van der Waals surface area contributed by atoms with Gasteiger partial charge in [-0.1, -0.05) is 11.8 Å². The molecule has 0 saturated heterocycles. The van der Waals surface area contributed by atoms with E-state index >= 15 is 0 Å². The summed E-state index contributed by atoms with van der Waals surface area (Å²) in [5, 5.41) is 0.225. The summed E-state index contributed by atoms with van der Waals surface area (Å²) in [5.41, 5.74) is -0.402. The Morgan fingerprint density at radius 3 is 2.74 bits per heavy atom. The number of aryl methyl sites for hydroxylation is 1. The molecule has 0 saturated carbocycles. The summed E-state index contributed by atoms with van der Waals surface area (Å²) < 4.78 is 8.34. The lowest BCUT2D eigenvalue weighted by molar-refractivity contribution is -0.116. The predicted molar refractivity (Wildman–Crippen MR) is 88.1 cm³/mol. The summed E-state index contributed by atoms with van der Waals surface area (Å²) >= 11 is 1.26. The number of rotatable bonds is 7. The molecule has 0 amide bonds. The molecule has 0 radical (unpaired) electrons. The van der Waals surface area contributed by atoms with E-state index in [2.05, 4.69) is 9.97 Å². The number of nitrogens with one attached hydrogen (secondary N) is 1. The van der Waals surface area contributed by atoms with Gasteiger partial charge in [0.05, 0.1) is 11.9 Å². The molecule has 0 aliphatic heterocycles. The number of carbonyl (C=O) groups excluding carboxylic acids is 1. The second-order valence-electron chi connectivity index (χ2n) is 5.10. The van der Waals surface area contributed by atoms with Crippen molar-refractivity contribution < 1.29 is 9.53 Å². The van der Waals surface area contributed by atoms with E-state index in [9.17, 15) is 14.4 Å². The van der Waals surface area contributed by atoms with Crippen LogP contribution in [0.1, 0.15) is 20.8 Å². The van der Waals surface area contributed by atoms with Crippen molar-refractivity contribution in [1.29, 1.82) is 0 Å². The zero-order valence-electron chi connectivity index (χ0n) is 13.6. The second-order valence-corrected chi connectivity index (χ2v) is 6.41. The van der Waals surface area contributed by atoms with Crippen LogP contribution < -0.4 is 11.2 Å². The number of fused-ring (bicyclic) bond motifs is 1. The van der Waals surface area contributed by atoms with Gasteiger partial charge in [0.15, 0.2) is 16.3 Å². The molecule has 2 aromatic rings. The highest BCUT2D eigenvalue weighted by Gasteiger charge is 2.20. The van der Waals surface area contributed by atoms with Gasteiger partial charge in [0.1, 0.15) is 5.78 Å². The Bertz CT molecular complexity index is 836. The lowest BCUT2D eigenvalue weighted by Gasteiger charge is -2.10. The molecule has 126 valence electrons. The number of imidazole rings is 1. The van der Waals surface area contributed by atoms with Gasteiger partial charge in [0.2, 0.25) is 0 Å². The van der Waals surface area contributed by atoms with E-state index in [1.807, 2.05) is 6.92 Å². The summed E-state index contributed by atoms with van der Waals surface area (Å²) in [5.74, 6) is 0.0150. The van der Waals surface area contributed by atoms with Gasteiger partial charge < -0.3 is 9.30 Å². The number of nitrogens with zero attached hydrogens (tertiary/aromatic N) is 3. The van der Waals surface area contributed by atoms with Crippen LogP contribution in [0.25, 0.3) is 11.2 Å². The minimum Gasteiger partial charge on any atom is -0.380 e. The van der Waals surface area contributed by atoms with Gasteiger partial charge in [-0.3, -0.25) is 19.1 Å². The van der Waals surface area contributed by atoms with Crippen LogP contribution in [0.5, 0.6) is 0 Å². The first kappa shape index (κ1) is 17.5. The summed E-state index contributed by atoms with van der Waals surface area (Å²) in [4.78, 5) is 42.1. The average molecular weight is 340 g/mol. The zero-order chi connectivity index (χ0) is 17.1. The molecule has 1 atom stereocenters. The largest absolute Gasteiger partial charge is 0.380 e. The molecule has 2 heterocycles. The van der Waals surface area contributed by atoms with Crippen molar-refractivity contribution in [2.75, 3.05) is 13.2 Å². The molecule has 23 heavy (non-hydrogen) atoms. The molecule has 0 aromatic carbocycles. The minimum atomic E-state index is -0.520. The van der Waals surface area contributed by atoms with Gasteiger partial charge in [-0.05, 0) is 20.8 Å². The normalized spacial score (nSPS) is 12.7. The molecule has 2 rings (SSSR count). The van der Waals surface area contributed by atoms with Crippen LogP contribution in [0.15, 0.2) is 14.7 Å². The monoisotopic (exact) mass is 340 g/mol. The maximum Gasteiger partial charge on any atom is 0.329 e. The van der Waals surface area contributed by atoms with Crippen molar-refractivity contribution in [1.82, 2.24) is 19.1 Å². The van der Waals surface area contributed by atoms with Gasteiger partial charge in [-0.2, -0.15) is 0 Å². The van der Waals surface area contributed by atoms with Crippen LogP contribution in [-0.2, 0) is 23.1 Å². The van der Waals surface area contributed by atoms with Crippen molar-refractivity contribution >= 4 is 28.7 Å². The van der Waals surface area contributed by atoms with Crippen molar-refractivity contribution in [2.45, 2.75) is 37.7 Å². The van der Waals surface area contributed by atoms with E-state index in [1.165, 1.54) is 23.3 Å².